The lowest BCUT2D eigenvalue weighted by atomic mass is 10.1. The van der Waals surface area contributed by atoms with Gasteiger partial charge in [-0.25, -0.2) is 17.8 Å². The molecule has 1 amide bonds. The highest BCUT2D eigenvalue weighted by Crippen LogP contribution is 2.24. The van der Waals surface area contributed by atoms with Gasteiger partial charge in [0.1, 0.15) is 5.82 Å². The van der Waals surface area contributed by atoms with Gasteiger partial charge in [-0.3, -0.25) is 4.79 Å². The van der Waals surface area contributed by atoms with Gasteiger partial charge < -0.3 is 14.2 Å². The second-order valence-electron chi connectivity index (χ2n) is 9.17. The summed E-state index contributed by atoms with van der Waals surface area (Å²) in [6.07, 6.45) is 2.98. The number of nitrogens with zero attached hydrogens (tertiary/aromatic N) is 3. The number of rotatable bonds is 9. The molecule has 1 atom stereocenters. The molecule has 10 heteroatoms. The lowest BCUT2D eigenvalue weighted by molar-refractivity contribution is 0.0678. The number of halogens is 2. The molecule has 4 rings (SSSR count). The van der Waals surface area contributed by atoms with Crippen LogP contribution in [0.4, 0.5) is 4.39 Å². The Morgan fingerprint density at radius 1 is 1.25 bits per heavy atom. The maximum atomic E-state index is 14.2. The molecule has 0 unspecified atom stereocenters. The number of hydrogen-bond acceptors (Lipinski definition) is 5. The minimum Gasteiger partial charge on any atom is -0.376 e. The number of carbonyl (C=O) groups is 1. The number of carbonyl (C=O) groups excluding carboxylic acids is 1. The molecule has 0 N–H and O–H groups in total. The molecule has 0 bridgehead atoms. The number of benzene rings is 2. The maximum absolute atomic E-state index is 14.2. The molecule has 0 radical (unpaired) electrons. The number of ether oxygens (including phenoxy) is 1. The van der Waals surface area contributed by atoms with E-state index >= 15 is 0 Å². The fourth-order valence-corrected chi connectivity index (χ4v) is 5.99. The van der Waals surface area contributed by atoms with Gasteiger partial charge >= 0.3 is 0 Å². The summed E-state index contributed by atoms with van der Waals surface area (Å²) < 4.78 is 48.4. The van der Waals surface area contributed by atoms with Crippen LogP contribution in [0.3, 0.4) is 0 Å². The third-order valence-electron chi connectivity index (χ3n) is 6.18. The van der Waals surface area contributed by atoms with Crippen molar-refractivity contribution in [2.75, 3.05) is 6.61 Å². The lowest BCUT2D eigenvalue weighted by Gasteiger charge is -2.28. The van der Waals surface area contributed by atoms with Crippen LogP contribution in [0.5, 0.6) is 0 Å². The van der Waals surface area contributed by atoms with E-state index in [4.69, 9.17) is 16.3 Å². The zero-order valence-electron chi connectivity index (χ0n) is 20.2. The average molecular weight is 534 g/mol. The topological polar surface area (TPSA) is 81.5 Å². The highest BCUT2D eigenvalue weighted by molar-refractivity contribution is 7.90. The summed E-state index contributed by atoms with van der Waals surface area (Å²) >= 11 is 6.09. The Labute approximate surface area is 215 Å². The van der Waals surface area contributed by atoms with Crippen LogP contribution in [-0.2, 0) is 33.4 Å². The molecule has 192 valence electrons. The Bertz CT molecular complexity index is 1340. The largest absolute Gasteiger partial charge is 0.376 e. The van der Waals surface area contributed by atoms with Gasteiger partial charge in [0.15, 0.2) is 0 Å². The smallest absolute Gasteiger partial charge is 0.254 e. The number of sulfone groups is 1. The quantitative estimate of drug-likeness (QED) is 0.391. The second-order valence-corrected chi connectivity index (χ2v) is 11.5. The molecule has 0 aliphatic carbocycles. The van der Waals surface area contributed by atoms with E-state index in [0.29, 0.717) is 22.9 Å². The molecule has 1 saturated heterocycles. The van der Waals surface area contributed by atoms with E-state index in [-0.39, 0.29) is 41.9 Å². The van der Waals surface area contributed by atoms with E-state index in [2.05, 4.69) is 4.98 Å². The Morgan fingerprint density at radius 3 is 2.69 bits per heavy atom. The molecular formula is C26H29ClFN3O4S. The first-order valence-electron chi connectivity index (χ1n) is 11.8. The molecule has 0 saturated carbocycles. The van der Waals surface area contributed by atoms with Crippen LogP contribution >= 0.6 is 11.6 Å². The van der Waals surface area contributed by atoms with Crippen molar-refractivity contribution >= 4 is 27.3 Å². The van der Waals surface area contributed by atoms with Crippen molar-refractivity contribution in [3.8, 4) is 0 Å². The van der Waals surface area contributed by atoms with Gasteiger partial charge in [0.05, 0.1) is 36.8 Å². The number of aromatic nitrogens is 2. The van der Waals surface area contributed by atoms with Gasteiger partial charge in [-0.2, -0.15) is 0 Å². The van der Waals surface area contributed by atoms with Crippen LogP contribution in [0.15, 0.2) is 59.9 Å². The van der Waals surface area contributed by atoms with Crippen molar-refractivity contribution in [1.82, 2.24) is 14.5 Å². The predicted molar refractivity (Wildman–Crippen MR) is 135 cm³/mol. The number of amides is 1. The van der Waals surface area contributed by atoms with Crippen LogP contribution in [0.25, 0.3) is 0 Å². The van der Waals surface area contributed by atoms with Crippen molar-refractivity contribution < 1.29 is 22.3 Å². The van der Waals surface area contributed by atoms with Gasteiger partial charge in [0, 0.05) is 28.8 Å². The van der Waals surface area contributed by atoms with Crippen LogP contribution < -0.4 is 0 Å². The second kappa shape index (κ2) is 11.1. The lowest BCUT2D eigenvalue weighted by Crippen LogP contribution is -2.37. The highest BCUT2D eigenvalue weighted by atomic mass is 35.5. The molecule has 2 aromatic carbocycles. The third-order valence-corrected chi connectivity index (χ3v) is 7.99. The van der Waals surface area contributed by atoms with E-state index < -0.39 is 21.4 Å². The molecule has 1 aromatic heterocycles. The third kappa shape index (κ3) is 5.96. The Hall–Kier alpha value is -2.75. The summed E-state index contributed by atoms with van der Waals surface area (Å²) in [5.74, 6) is -1.33. The van der Waals surface area contributed by atoms with Crippen molar-refractivity contribution in [3.63, 3.8) is 0 Å². The standard InChI is InChI=1S/C26H29ClFN3O4S/c1-18(2)30(25(32)19-8-5-9-21(27)13-19)15-22-14-29-26(31(22)16-23-10-6-12-35-23)36(33,34)17-20-7-3-4-11-24(20)28/h3-5,7-9,11,13-14,18,23H,6,10,12,15-17H2,1-2H3/t23-/m1/s1. The van der Waals surface area contributed by atoms with Crippen molar-refractivity contribution in [2.45, 2.75) is 62.8 Å². The van der Waals surface area contributed by atoms with E-state index in [1.807, 2.05) is 13.8 Å². The summed E-state index contributed by atoms with van der Waals surface area (Å²) in [7, 11) is -3.99. The van der Waals surface area contributed by atoms with Gasteiger partial charge in [-0.15, -0.1) is 0 Å². The predicted octanol–water partition coefficient (Wildman–Crippen LogP) is 4.88. The molecule has 2 heterocycles. The van der Waals surface area contributed by atoms with Crippen molar-refractivity contribution in [2.24, 2.45) is 0 Å². The first-order valence-corrected chi connectivity index (χ1v) is 13.9. The Morgan fingerprint density at radius 2 is 2.03 bits per heavy atom. The van der Waals surface area contributed by atoms with Crippen LogP contribution in [-0.4, -0.2) is 47.5 Å². The van der Waals surface area contributed by atoms with Gasteiger partial charge in [0.25, 0.3) is 5.91 Å². The fraction of sp³-hybridized carbons (Fsp3) is 0.385. The van der Waals surface area contributed by atoms with Crippen molar-refractivity contribution in [1.29, 1.82) is 0 Å². The molecule has 36 heavy (non-hydrogen) atoms. The zero-order valence-corrected chi connectivity index (χ0v) is 21.8. The fourth-order valence-electron chi connectivity index (χ4n) is 4.29. The Kier molecular flexibility index (Phi) is 8.12. The van der Waals surface area contributed by atoms with E-state index in [1.165, 1.54) is 24.4 Å². The minimum absolute atomic E-state index is 0.0747. The van der Waals surface area contributed by atoms with Crippen LogP contribution in [0.2, 0.25) is 5.02 Å². The molecule has 1 aliphatic heterocycles. The molecule has 7 nitrogen and oxygen atoms in total. The first kappa shape index (κ1) is 26.3. The maximum Gasteiger partial charge on any atom is 0.254 e. The first-order chi connectivity index (χ1) is 17.2. The SMILES string of the molecule is CC(C)N(Cc1cnc(S(=O)(=O)Cc2ccccc2F)n1C[C@H]1CCCO1)C(=O)c1cccc(Cl)c1. The van der Waals surface area contributed by atoms with Crippen LogP contribution in [0, 0.1) is 5.82 Å². The van der Waals surface area contributed by atoms with Crippen LogP contribution in [0.1, 0.15) is 48.3 Å². The normalized spacial score (nSPS) is 16.0. The van der Waals surface area contributed by atoms with E-state index in [0.717, 1.165) is 12.8 Å². The monoisotopic (exact) mass is 533 g/mol. The van der Waals surface area contributed by atoms with E-state index in [1.54, 1.807) is 39.8 Å². The molecule has 1 fully saturated rings. The summed E-state index contributed by atoms with van der Waals surface area (Å²) in [5, 5.41) is 0.296. The zero-order chi connectivity index (χ0) is 25.9. The van der Waals surface area contributed by atoms with Gasteiger partial charge in [0.2, 0.25) is 15.0 Å². The molecule has 3 aromatic rings. The molecule has 1 aliphatic rings. The number of hydrogen-bond donors (Lipinski definition) is 0. The summed E-state index contributed by atoms with van der Waals surface area (Å²) in [6.45, 7) is 4.80. The van der Waals surface area contributed by atoms with Gasteiger partial charge in [-0.1, -0.05) is 35.9 Å². The van der Waals surface area contributed by atoms with E-state index in [9.17, 15) is 17.6 Å². The highest BCUT2D eigenvalue weighted by Gasteiger charge is 2.29. The summed E-state index contributed by atoms with van der Waals surface area (Å²) in [6, 6.07) is 12.3. The Balaban J connectivity index is 1.69. The molecular weight excluding hydrogens is 505 g/mol. The number of imidazole rings is 1. The van der Waals surface area contributed by atoms with Crippen molar-refractivity contribution in [3.05, 3.63) is 82.4 Å². The summed E-state index contributed by atoms with van der Waals surface area (Å²) in [5.41, 5.74) is 1.07. The summed E-state index contributed by atoms with van der Waals surface area (Å²) in [4.78, 5) is 19.2. The average Bonchev–Trinajstić information content (AvgIpc) is 3.49. The molecule has 0 spiro atoms. The van der Waals surface area contributed by atoms with Gasteiger partial charge in [-0.05, 0) is 51.0 Å². The minimum atomic E-state index is -3.99.